The van der Waals surface area contributed by atoms with Crippen LogP contribution < -0.4 is 5.32 Å². The highest BCUT2D eigenvalue weighted by molar-refractivity contribution is 6.30. The van der Waals surface area contributed by atoms with E-state index in [0.29, 0.717) is 18.1 Å². The molecule has 1 rings (SSSR count). The van der Waals surface area contributed by atoms with Crippen LogP contribution in [-0.4, -0.2) is 24.0 Å². The zero-order valence-corrected chi connectivity index (χ0v) is 12.2. The standard InChI is InChI=1S/C14H21ClN2O/c1-5-17(6-2)13(18)16-14(3,4)11-7-9-12(15)10-8-11/h7-10H,5-6H2,1-4H3,(H,16,18). The molecular weight excluding hydrogens is 248 g/mol. The van der Waals surface area contributed by atoms with Gasteiger partial charge in [0.1, 0.15) is 0 Å². The van der Waals surface area contributed by atoms with Gasteiger partial charge in [-0.1, -0.05) is 23.7 Å². The van der Waals surface area contributed by atoms with Crippen molar-refractivity contribution in [3.8, 4) is 0 Å². The summed E-state index contributed by atoms with van der Waals surface area (Å²) < 4.78 is 0. The number of hydrogen-bond donors (Lipinski definition) is 1. The second-order valence-corrected chi connectivity index (χ2v) is 5.17. The summed E-state index contributed by atoms with van der Waals surface area (Å²) in [4.78, 5) is 13.8. The van der Waals surface area contributed by atoms with Gasteiger partial charge in [-0.15, -0.1) is 0 Å². The SMILES string of the molecule is CCN(CC)C(=O)NC(C)(C)c1ccc(Cl)cc1. The summed E-state index contributed by atoms with van der Waals surface area (Å²) in [6.45, 7) is 9.32. The van der Waals surface area contributed by atoms with Crippen LogP contribution in [0.2, 0.25) is 5.02 Å². The van der Waals surface area contributed by atoms with Gasteiger partial charge in [0.2, 0.25) is 0 Å². The van der Waals surface area contributed by atoms with Crippen molar-refractivity contribution in [2.24, 2.45) is 0 Å². The van der Waals surface area contributed by atoms with Gasteiger partial charge < -0.3 is 10.2 Å². The van der Waals surface area contributed by atoms with E-state index in [9.17, 15) is 4.79 Å². The normalized spacial score (nSPS) is 11.2. The van der Waals surface area contributed by atoms with E-state index in [1.165, 1.54) is 0 Å². The molecule has 0 unspecified atom stereocenters. The lowest BCUT2D eigenvalue weighted by Gasteiger charge is -2.30. The van der Waals surface area contributed by atoms with Crippen molar-refractivity contribution in [2.75, 3.05) is 13.1 Å². The van der Waals surface area contributed by atoms with Gasteiger partial charge in [0.05, 0.1) is 5.54 Å². The van der Waals surface area contributed by atoms with Crippen LogP contribution in [0, 0.1) is 0 Å². The Bertz CT molecular complexity index is 397. The third kappa shape index (κ3) is 3.64. The second kappa shape index (κ2) is 6.10. The number of benzene rings is 1. The minimum Gasteiger partial charge on any atom is -0.329 e. The number of nitrogens with zero attached hydrogens (tertiary/aromatic N) is 1. The Balaban J connectivity index is 2.81. The summed E-state index contributed by atoms with van der Waals surface area (Å²) in [6, 6.07) is 7.50. The summed E-state index contributed by atoms with van der Waals surface area (Å²) in [5, 5.41) is 3.74. The van der Waals surface area contributed by atoms with Crippen molar-refractivity contribution < 1.29 is 4.79 Å². The van der Waals surface area contributed by atoms with Crippen molar-refractivity contribution >= 4 is 17.6 Å². The summed E-state index contributed by atoms with van der Waals surface area (Å²) in [7, 11) is 0. The number of rotatable bonds is 4. The maximum absolute atomic E-state index is 12.0. The Labute approximate surface area is 114 Å². The third-order valence-electron chi connectivity index (χ3n) is 3.04. The molecule has 0 radical (unpaired) electrons. The zero-order chi connectivity index (χ0) is 13.8. The molecular formula is C14H21ClN2O. The lowest BCUT2D eigenvalue weighted by Crippen LogP contribution is -2.48. The van der Waals surface area contributed by atoms with Crippen molar-refractivity contribution in [3.63, 3.8) is 0 Å². The van der Waals surface area contributed by atoms with Gasteiger partial charge in [0, 0.05) is 18.1 Å². The molecule has 0 fully saturated rings. The highest BCUT2D eigenvalue weighted by atomic mass is 35.5. The van der Waals surface area contributed by atoms with E-state index in [1.807, 2.05) is 52.0 Å². The van der Waals surface area contributed by atoms with Crippen molar-refractivity contribution in [1.29, 1.82) is 0 Å². The molecule has 0 spiro atoms. The molecule has 2 amide bonds. The van der Waals surface area contributed by atoms with Gasteiger partial charge in [0.25, 0.3) is 0 Å². The van der Waals surface area contributed by atoms with Crippen LogP contribution in [0.1, 0.15) is 33.3 Å². The molecule has 1 N–H and O–H groups in total. The van der Waals surface area contributed by atoms with Crippen LogP contribution >= 0.6 is 11.6 Å². The number of amides is 2. The van der Waals surface area contributed by atoms with E-state index in [4.69, 9.17) is 11.6 Å². The number of nitrogens with one attached hydrogen (secondary N) is 1. The second-order valence-electron chi connectivity index (χ2n) is 4.73. The summed E-state index contributed by atoms with van der Waals surface area (Å²) >= 11 is 5.87. The van der Waals surface area contributed by atoms with Gasteiger partial charge >= 0.3 is 6.03 Å². The van der Waals surface area contributed by atoms with Crippen molar-refractivity contribution in [1.82, 2.24) is 10.2 Å². The summed E-state index contributed by atoms with van der Waals surface area (Å²) in [5.41, 5.74) is 0.622. The maximum atomic E-state index is 12.0. The van der Waals surface area contributed by atoms with Crippen molar-refractivity contribution in [2.45, 2.75) is 33.2 Å². The Morgan fingerprint density at radius 2 is 1.72 bits per heavy atom. The lowest BCUT2D eigenvalue weighted by molar-refractivity contribution is 0.192. The van der Waals surface area contributed by atoms with E-state index in [0.717, 1.165) is 5.56 Å². The molecule has 0 heterocycles. The molecule has 1 aromatic rings. The van der Waals surface area contributed by atoms with Crippen LogP contribution in [0.3, 0.4) is 0 Å². The van der Waals surface area contributed by atoms with Crippen LogP contribution in [0.4, 0.5) is 4.79 Å². The highest BCUT2D eigenvalue weighted by Crippen LogP contribution is 2.22. The molecule has 0 aliphatic rings. The minimum absolute atomic E-state index is 0.0417. The van der Waals surface area contributed by atoms with Crippen LogP contribution in [0.15, 0.2) is 24.3 Å². The minimum atomic E-state index is -0.412. The fourth-order valence-corrected chi connectivity index (χ4v) is 1.92. The maximum Gasteiger partial charge on any atom is 0.318 e. The highest BCUT2D eigenvalue weighted by Gasteiger charge is 2.24. The molecule has 0 bridgehead atoms. The third-order valence-corrected chi connectivity index (χ3v) is 3.29. The predicted octanol–water partition coefficient (Wildman–Crippen LogP) is 3.63. The molecule has 0 aliphatic heterocycles. The van der Waals surface area contributed by atoms with E-state index >= 15 is 0 Å². The monoisotopic (exact) mass is 268 g/mol. The van der Waals surface area contributed by atoms with Gasteiger partial charge in [-0.2, -0.15) is 0 Å². The average molecular weight is 269 g/mol. The van der Waals surface area contributed by atoms with Crippen molar-refractivity contribution in [3.05, 3.63) is 34.9 Å². The Morgan fingerprint density at radius 3 is 2.17 bits per heavy atom. The molecule has 100 valence electrons. The molecule has 0 aliphatic carbocycles. The molecule has 3 nitrogen and oxygen atoms in total. The van der Waals surface area contributed by atoms with Gasteiger partial charge in [-0.25, -0.2) is 4.79 Å². The van der Waals surface area contributed by atoms with E-state index in [-0.39, 0.29) is 6.03 Å². The summed E-state index contributed by atoms with van der Waals surface area (Å²) in [6.07, 6.45) is 0. The number of carbonyl (C=O) groups excluding carboxylic acids is 1. The first-order chi connectivity index (χ1) is 8.40. The molecule has 18 heavy (non-hydrogen) atoms. The zero-order valence-electron chi connectivity index (χ0n) is 11.5. The Morgan fingerprint density at radius 1 is 1.22 bits per heavy atom. The van der Waals surface area contributed by atoms with Crippen LogP contribution in [0.5, 0.6) is 0 Å². The quantitative estimate of drug-likeness (QED) is 0.889. The topological polar surface area (TPSA) is 32.3 Å². The van der Waals surface area contributed by atoms with Crippen LogP contribution in [0.25, 0.3) is 0 Å². The first-order valence-electron chi connectivity index (χ1n) is 6.23. The fraction of sp³-hybridized carbons (Fsp3) is 0.500. The number of hydrogen-bond acceptors (Lipinski definition) is 1. The average Bonchev–Trinajstić information content (AvgIpc) is 2.30. The Hall–Kier alpha value is -1.22. The fourth-order valence-electron chi connectivity index (χ4n) is 1.80. The first-order valence-corrected chi connectivity index (χ1v) is 6.61. The van der Waals surface area contributed by atoms with E-state index in [1.54, 1.807) is 4.90 Å². The number of urea groups is 1. The molecule has 0 aromatic heterocycles. The van der Waals surface area contributed by atoms with E-state index < -0.39 is 5.54 Å². The molecule has 1 aromatic carbocycles. The van der Waals surface area contributed by atoms with Gasteiger partial charge in [0.15, 0.2) is 0 Å². The molecule has 0 saturated heterocycles. The molecule has 0 atom stereocenters. The number of carbonyl (C=O) groups is 1. The smallest absolute Gasteiger partial charge is 0.318 e. The number of halogens is 1. The largest absolute Gasteiger partial charge is 0.329 e. The predicted molar refractivity (Wildman–Crippen MR) is 75.9 cm³/mol. The van der Waals surface area contributed by atoms with E-state index in [2.05, 4.69) is 5.32 Å². The first kappa shape index (κ1) is 14.8. The molecule has 4 heteroatoms. The Kier molecular flexibility index (Phi) is 5.03. The van der Waals surface area contributed by atoms with Crippen LogP contribution in [-0.2, 0) is 5.54 Å². The van der Waals surface area contributed by atoms with Gasteiger partial charge in [-0.05, 0) is 45.4 Å². The van der Waals surface area contributed by atoms with Gasteiger partial charge in [-0.3, -0.25) is 0 Å². The molecule has 0 saturated carbocycles. The summed E-state index contributed by atoms with van der Waals surface area (Å²) in [5.74, 6) is 0. The lowest BCUT2D eigenvalue weighted by atomic mass is 9.94.